The van der Waals surface area contributed by atoms with Crippen molar-refractivity contribution in [2.75, 3.05) is 0 Å². The number of aromatic nitrogens is 4. The van der Waals surface area contributed by atoms with E-state index >= 15 is 0 Å². The van der Waals surface area contributed by atoms with Crippen LogP contribution in [0.2, 0.25) is 5.15 Å². The fourth-order valence-corrected chi connectivity index (χ4v) is 1.71. The molecular formula is C9H8ClF3N4. The van der Waals surface area contributed by atoms with Crippen molar-refractivity contribution in [1.29, 1.82) is 0 Å². The van der Waals surface area contributed by atoms with Gasteiger partial charge in [0.15, 0.2) is 11.3 Å². The van der Waals surface area contributed by atoms with Crippen LogP contribution in [0, 0.1) is 0 Å². The molecule has 0 atom stereocenters. The number of rotatable bonds is 1. The van der Waals surface area contributed by atoms with Crippen LogP contribution in [-0.4, -0.2) is 19.7 Å². The lowest BCUT2D eigenvalue weighted by Gasteiger charge is -2.05. The molecule has 2 rings (SSSR count). The zero-order chi connectivity index (χ0) is 12.8. The minimum atomic E-state index is -4.58. The molecular weight excluding hydrogens is 257 g/mol. The molecule has 92 valence electrons. The molecule has 0 unspecified atom stereocenters. The second-order valence-electron chi connectivity index (χ2n) is 3.75. The molecule has 0 saturated carbocycles. The van der Waals surface area contributed by atoms with Crippen LogP contribution in [-0.2, 0) is 6.18 Å². The first-order valence-electron chi connectivity index (χ1n) is 4.78. The maximum absolute atomic E-state index is 12.8. The highest BCUT2D eigenvalue weighted by atomic mass is 35.5. The van der Waals surface area contributed by atoms with Crippen molar-refractivity contribution in [2.45, 2.75) is 26.1 Å². The molecule has 8 heteroatoms. The third-order valence-electron chi connectivity index (χ3n) is 2.20. The van der Waals surface area contributed by atoms with E-state index in [0.717, 1.165) is 6.33 Å². The number of nitrogens with zero attached hydrogens (tertiary/aromatic N) is 4. The molecule has 0 N–H and O–H groups in total. The summed E-state index contributed by atoms with van der Waals surface area (Å²) in [6, 6.07) is -0.250. The van der Waals surface area contributed by atoms with Crippen LogP contribution in [0.4, 0.5) is 13.2 Å². The molecule has 2 aromatic rings. The second-order valence-corrected chi connectivity index (χ2v) is 4.11. The Labute approximate surface area is 99.4 Å². The van der Waals surface area contributed by atoms with Crippen LogP contribution in [0.5, 0.6) is 0 Å². The quantitative estimate of drug-likeness (QED) is 0.744. The summed E-state index contributed by atoms with van der Waals surface area (Å²) in [4.78, 5) is 7.36. The molecule has 0 saturated heterocycles. The third-order valence-corrected chi connectivity index (χ3v) is 2.49. The van der Waals surface area contributed by atoms with Crippen LogP contribution in [0.3, 0.4) is 0 Å². The Morgan fingerprint density at radius 3 is 2.47 bits per heavy atom. The van der Waals surface area contributed by atoms with Crippen LogP contribution < -0.4 is 0 Å². The van der Waals surface area contributed by atoms with E-state index in [0.29, 0.717) is 0 Å². The summed E-state index contributed by atoms with van der Waals surface area (Å²) in [7, 11) is 0. The van der Waals surface area contributed by atoms with Crippen molar-refractivity contribution in [3.8, 4) is 0 Å². The standard InChI is InChI=1S/C9H8ClF3N4/c1-4(2)17-8-5(7(10)14-3-15-8)6(16-17)9(11,12)13/h3-4H,1-2H3. The second kappa shape index (κ2) is 3.83. The monoisotopic (exact) mass is 264 g/mol. The largest absolute Gasteiger partial charge is 0.435 e. The molecule has 0 aliphatic heterocycles. The van der Waals surface area contributed by atoms with E-state index in [4.69, 9.17) is 11.6 Å². The Kier molecular flexibility index (Phi) is 2.73. The van der Waals surface area contributed by atoms with E-state index in [1.54, 1.807) is 13.8 Å². The Bertz CT molecular complexity index is 561. The molecule has 0 aliphatic rings. The van der Waals surface area contributed by atoms with Gasteiger partial charge in [-0.25, -0.2) is 14.6 Å². The number of hydrogen-bond donors (Lipinski definition) is 0. The average Bonchev–Trinajstić information content (AvgIpc) is 2.57. The van der Waals surface area contributed by atoms with Gasteiger partial charge in [0.25, 0.3) is 0 Å². The summed E-state index contributed by atoms with van der Waals surface area (Å²) in [5.74, 6) is 0. The first-order valence-corrected chi connectivity index (χ1v) is 5.16. The van der Waals surface area contributed by atoms with Gasteiger partial charge < -0.3 is 0 Å². The van der Waals surface area contributed by atoms with Gasteiger partial charge in [-0.3, -0.25) is 0 Å². The molecule has 2 heterocycles. The van der Waals surface area contributed by atoms with Crippen molar-refractivity contribution in [2.24, 2.45) is 0 Å². The van der Waals surface area contributed by atoms with Crippen molar-refractivity contribution in [3.05, 3.63) is 17.2 Å². The van der Waals surface area contributed by atoms with Crippen molar-refractivity contribution in [3.63, 3.8) is 0 Å². The highest BCUT2D eigenvalue weighted by Crippen LogP contribution is 2.36. The predicted octanol–water partition coefficient (Wildman–Crippen LogP) is 3.08. The van der Waals surface area contributed by atoms with Crippen LogP contribution in [0.15, 0.2) is 6.33 Å². The Morgan fingerprint density at radius 2 is 1.94 bits per heavy atom. The van der Waals surface area contributed by atoms with Gasteiger partial charge in [-0.2, -0.15) is 18.3 Å². The smallest absolute Gasteiger partial charge is 0.244 e. The van der Waals surface area contributed by atoms with E-state index in [9.17, 15) is 13.2 Å². The normalized spacial score (nSPS) is 12.6. The van der Waals surface area contributed by atoms with Crippen molar-refractivity contribution >= 4 is 22.6 Å². The number of halogens is 4. The zero-order valence-electron chi connectivity index (χ0n) is 8.96. The van der Waals surface area contributed by atoms with E-state index in [-0.39, 0.29) is 22.2 Å². The van der Waals surface area contributed by atoms with Crippen LogP contribution in [0.1, 0.15) is 25.6 Å². The minimum Gasteiger partial charge on any atom is -0.244 e. The Balaban J connectivity index is 2.86. The molecule has 0 spiro atoms. The van der Waals surface area contributed by atoms with E-state index < -0.39 is 11.9 Å². The van der Waals surface area contributed by atoms with Gasteiger partial charge in [-0.15, -0.1) is 0 Å². The van der Waals surface area contributed by atoms with Crippen LogP contribution in [0.25, 0.3) is 11.0 Å². The lowest BCUT2D eigenvalue weighted by Crippen LogP contribution is -2.09. The fraction of sp³-hybridized carbons (Fsp3) is 0.444. The SMILES string of the molecule is CC(C)n1nc(C(F)(F)F)c2c(Cl)ncnc21. The molecule has 0 radical (unpaired) electrons. The summed E-state index contributed by atoms with van der Waals surface area (Å²) in [5.41, 5.74) is -0.959. The maximum Gasteiger partial charge on any atom is 0.435 e. The molecule has 0 bridgehead atoms. The lowest BCUT2D eigenvalue weighted by atomic mass is 10.3. The van der Waals surface area contributed by atoms with E-state index in [2.05, 4.69) is 15.1 Å². The number of fused-ring (bicyclic) bond motifs is 1. The molecule has 0 amide bonds. The summed E-state index contributed by atoms with van der Waals surface area (Å²) >= 11 is 5.68. The van der Waals surface area contributed by atoms with Gasteiger partial charge in [-0.1, -0.05) is 11.6 Å². The van der Waals surface area contributed by atoms with Gasteiger partial charge in [0.2, 0.25) is 0 Å². The predicted molar refractivity (Wildman–Crippen MR) is 55.7 cm³/mol. The first kappa shape index (κ1) is 12.1. The topological polar surface area (TPSA) is 43.6 Å². The summed E-state index contributed by atoms with van der Waals surface area (Å²) in [6.07, 6.45) is -3.46. The van der Waals surface area contributed by atoms with Gasteiger partial charge in [0.1, 0.15) is 11.5 Å². The van der Waals surface area contributed by atoms with Crippen molar-refractivity contribution in [1.82, 2.24) is 19.7 Å². The van der Waals surface area contributed by atoms with Crippen LogP contribution >= 0.6 is 11.6 Å². The maximum atomic E-state index is 12.8. The summed E-state index contributed by atoms with van der Waals surface area (Å²) in [5, 5.41) is 3.03. The molecule has 4 nitrogen and oxygen atoms in total. The highest BCUT2D eigenvalue weighted by molar-refractivity contribution is 6.34. The van der Waals surface area contributed by atoms with Gasteiger partial charge in [0, 0.05) is 6.04 Å². The molecule has 2 aromatic heterocycles. The average molecular weight is 265 g/mol. The van der Waals surface area contributed by atoms with Crippen molar-refractivity contribution < 1.29 is 13.2 Å². The fourth-order valence-electron chi connectivity index (χ4n) is 1.50. The van der Waals surface area contributed by atoms with Gasteiger partial charge in [0.05, 0.1) is 5.39 Å². The molecule has 0 aliphatic carbocycles. The molecule has 0 fully saturated rings. The number of alkyl halides is 3. The Morgan fingerprint density at radius 1 is 1.29 bits per heavy atom. The molecule has 17 heavy (non-hydrogen) atoms. The lowest BCUT2D eigenvalue weighted by molar-refractivity contribution is -0.140. The van der Waals surface area contributed by atoms with Gasteiger partial charge >= 0.3 is 6.18 Å². The zero-order valence-corrected chi connectivity index (χ0v) is 9.71. The van der Waals surface area contributed by atoms with E-state index in [1.807, 2.05) is 0 Å². The minimum absolute atomic E-state index is 0.0901. The third kappa shape index (κ3) is 1.95. The highest BCUT2D eigenvalue weighted by Gasteiger charge is 2.38. The van der Waals surface area contributed by atoms with Gasteiger partial charge in [-0.05, 0) is 13.8 Å². The summed E-state index contributed by atoms with van der Waals surface area (Å²) in [6.45, 7) is 3.42. The Hall–Kier alpha value is -1.37. The number of hydrogen-bond acceptors (Lipinski definition) is 3. The first-order chi connectivity index (χ1) is 7.82. The van der Waals surface area contributed by atoms with E-state index in [1.165, 1.54) is 4.68 Å². The summed E-state index contributed by atoms with van der Waals surface area (Å²) < 4.78 is 39.5. The molecule has 0 aromatic carbocycles.